The fraction of sp³-hybridized carbons (Fsp3) is 0.500. The van der Waals surface area contributed by atoms with Gasteiger partial charge in [0.1, 0.15) is 11.6 Å². The number of carbonyl (C=O) groups is 3. The molecule has 2 amide bonds. The molecule has 1 aromatic rings. The normalized spacial score (nSPS) is 19.0. The Balaban J connectivity index is 1.84. The summed E-state index contributed by atoms with van der Waals surface area (Å²) in [6.45, 7) is 3.06. The molecule has 28 heavy (non-hydrogen) atoms. The van der Waals surface area contributed by atoms with Gasteiger partial charge in [0.15, 0.2) is 6.61 Å². The van der Waals surface area contributed by atoms with Gasteiger partial charge in [-0.3, -0.25) is 24.5 Å². The van der Waals surface area contributed by atoms with Crippen LogP contribution in [0.25, 0.3) is 0 Å². The fourth-order valence-corrected chi connectivity index (χ4v) is 3.42. The van der Waals surface area contributed by atoms with Crippen molar-refractivity contribution in [3.05, 3.63) is 38.9 Å². The van der Waals surface area contributed by atoms with Crippen LogP contribution in [0.5, 0.6) is 0 Å². The monoisotopic (exact) mass is 411 g/mol. The zero-order valence-electron chi connectivity index (χ0n) is 15.6. The molecule has 152 valence electrons. The second-order valence-corrected chi connectivity index (χ2v) is 7.10. The number of piperidine rings is 1. The van der Waals surface area contributed by atoms with Crippen molar-refractivity contribution in [3.63, 3.8) is 0 Å². The molecule has 0 unspecified atom stereocenters. The smallest absolute Gasteiger partial charge is 0.325 e. The molecule has 1 aliphatic rings. The number of ether oxygens (including phenoxy) is 1. The molecule has 0 aromatic heterocycles. The Bertz CT molecular complexity index is 775. The summed E-state index contributed by atoms with van der Waals surface area (Å²) in [6, 6.07) is 3.74. The first-order valence-electron chi connectivity index (χ1n) is 8.89. The van der Waals surface area contributed by atoms with Gasteiger partial charge in [0.2, 0.25) is 0 Å². The lowest BCUT2D eigenvalue weighted by Gasteiger charge is -2.38. The molecule has 0 spiro atoms. The number of nitrogens with one attached hydrogen (secondary N) is 1. The highest BCUT2D eigenvalue weighted by molar-refractivity contribution is 6.32. The van der Waals surface area contributed by atoms with Crippen molar-refractivity contribution in [1.82, 2.24) is 10.2 Å². The third-order valence-corrected chi connectivity index (χ3v) is 4.96. The van der Waals surface area contributed by atoms with E-state index in [0.29, 0.717) is 0 Å². The van der Waals surface area contributed by atoms with Gasteiger partial charge in [0.05, 0.1) is 4.92 Å². The van der Waals surface area contributed by atoms with E-state index in [9.17, 15) is 24.5 Å². The van der Waals surface area contributed by atoms with Crippen molar-refractivity contribution < 1.29 is 24.0 Å². The van der Waals surface area contributed by atoms with E-state index in [-0.39, 0.29) is 28.6 Å². The van der Waals surface area contributed by atoms with Crippen LogP contribution >= 0.6 is 11.6 Å². The maximum Gasteiger partial charge on any atom is 0.325 e. The van der Waals surface area contributed by atoms with Crippen LogP contribution in [0.15, 0.2) is 18.2 Å². The molecule has 1 heterocycles. The molecule has 2 rings (SSSR count). The van der Waals surface area contributed by atoms with Crippen molar-refractivity contribution in [2.75, 3.05) is 13.2 Å². The van der Waals surface area contributed by atoms with Gasteiger partial charge >= 0.3 is 5.97 Å². The third kappa shape index (κ3) is 5.41. The van der Waals surface area contributed by atoms with E-state index in [4.69, 9.17) is 16.3 Å². The van der Waals surface area contributed by atoms with Gasteiger partial charge in [-0.05, 0) is 45.2 Å². The van der Waals surface area contributed by atoms with E-state index < -0.39 is 35.6 Å². The number of esters is 1. The Hall–Kier alpha value is -2.68. The van der Waals surface area contributed by atoms with Gasteiger partial charge < -0.3 is 15.0 Å². The van der Waals surface area contributed by atoms with Gasteiger partial charge in [0, 0.05) is 23.7 Å². The molecule has 1 aromatic carbocycles. The first kappa shape index (κ1) is 21.6. The Labute approximate surface area is 167 Å². The number of hydrogen-bond acceptors (Lipinski definition) is 6. The summed E-state index contributed by atoms with van der Waals surface area (Å²) in [6.07, 6.45) is 2.88. The Morgan fingerprint density at radius 3 is 2.54 bits per heavy atom. The molecular weight excluding hydrogens is 390 g/mol. The molecule has 10 heteroatoms. The number of carbonyl (C=O) groups excluding carboxylic acids is 3. The highest BCUT2D eigenvalue weighted by Gasteiger charge is 2.29. The standard InChI is InChI=1S/C18H22ClN3O6/c1-11-4-3-5-12(2)21(11)16(23)10-28-17(24)9-20-18(25)13-6-7-14(19)15(8-13)22(26)27/h6-8,11-12H,3-5,9-10H2,1-2H3,(H,20,25)/t11-,12+. The van der Waals surface area contributed by atoms with Gasteiger partial charge in [-0.15, -0.1) is 0 Å². The molecule has 1 saturated heterocycles. The van der Waals surface area contributed by atoms with Crippen LogP contribution in [0.3, 0.4) is 0 Å². The first-order valence-corrected chi connectivity index (χ1v) is 9.27. The minimum Gasteiger partial charge on any atom is -0.454 e. The van der Waals surface area contributed by atoms with Crippen molar-refractivity contribution >= 4 is 35.1 Å². The number of amides is 2. The van der Waals surface area contributed by atoms with Crippen molar-refractivity contribution in [2.45, 2.75) is 45.2 Å². The third-order valence-electron chi connectivity index (χ3n) is 4.64. The summed E-state index contributed by atoms with van der Waals surface area (Å²) in [5.74, 6) is -1.74. The van der Waals surface area contributed by atoms with Gasteiger partial charge in [-0.1, -0.05) is 11.6 Å². The molecule has 1 fully saturated rings. The number of nitro benzene ring substituents is 1. The summed E-state index contributed by atoms with van der Waals surface area (Å²) in [7, 11) is 0. The number of benzene rings is 1. The van der Waals surface area contributed by atoms with Crippen LogP contribution in [0.1, 0.15) is 43.5 Å². The summed E-state index contributed by atoms with van der Waals surface area (Å²) in [5, 5.41) is 13.1. The van der Waals surface area contributed by atoms with E-state index in [1.165, 1.54) is 12.1 Å². The lowest BCUT2D eigenvalue weighted by atomic mass is 9.97. The largest absolute Gasteiger partial charge is 0.454 e. The summed E-state index contributed by atoms with van der Waals surface area (Å²) in [5.41, 5.74) is -0.428. The Kier molecular flexibility index (Phi) is 7.33. The lowest BCUT2D eigenvalue weighted by Crippen LogP contribution is -2.49. The van der Waals surface area contributed by atoms with Crippen LogP contribution in [0.2, 0.25) is 5.02 Å². The maximum absolute atomic E-state index is 12.3. The highest BCUT2D eigenvalue weighted by atomic mass is 35.5. The van der Waals surface area contributed by atoms with Crippen molar-refractivity contribution in [2.24, 2.45) is 0 Å². The van der Waals surface area contributed by atoms with Gasteiger partial charge in [-0.25, -0.2) is 0 Å². The number of nitrogens with zero attached hydrogens (tertiary/aromatic N) is 2. The number of hydrogen-bond donors (Lipinski definition) is 1. The molecule has 9 nitrogen and oxygen atoms in total. The second kappa shape index (κ2) is 9.50. The molecule has 2 atom stereocenters. The molecular formula is C18H22ClN3O6. The Morgan fingerprint density at radius 1 is 1.29 bits per heavy atom. The maximum atomic E-state index is 12.3. The summed E-state index contributed by atoms with van der Waals surface area (Å²) >= 11 is 5.70. The number of rotatable bonds is 6. The predicted octanol–water partition coefficient (Wildman–Crippen LogP) is 2.31. The minimum absolute atomic E-state index is 0.0176. The van der Waals surface area contributed by atoms with Gasteiger partial charge in [0.25, 0.3) is 17.5 Å². The zero-order valence-corrected chi connectivity index (χ0v) is 16.4. The fourth-order valence-electron chi connectivity index (χ4n) is 3.23. The van der Waals surface area contributed by atoms with Gasteiger partial charge in [-0.2, -0.15) is 0 Å². The molecule has 1 N–H and O–H groups in total. The quantitative estimate of drug-likeness (QED) is 0.436. The van der Waals surface area contributed by atoms with Crippen LogP contribution in [0.4, 0.5) is 5.69 Å². The summed E-state index contributed by atoms with van der Waals surface area (Å²) in [4.78, 5) is 48.1. The Morgan fingerprint density at radius 2 is 1.93 bits per heavy atom. The number of likely N-dealkylation sites (tertiary alicyclic amines) is 1. The van der Waals surface area contributed by atoms with E-state index in [2.05, 4.69) is 5.32 Å². The van der Waals surface area contributed by atoms with Crippen LogP contribution in [-0.4, -0.2) is 52.8 Å². The minimum atomic E-state index is -0.775. The van der Waals surface area contributed by atoms with E-state index in [1.54, 1.807) is 4.90 Å². The van der Waals surface area contributed by atoms with Crippen molar-refractivity contribution in [3.8, 4) is 0 Å². The predicted molar refractivity (Wildman–Crippen MR) is 101 cm³/mol. The molecule has 1 aliphatic heterocycles. The molecule has 0 bridgehead atoms. The lowest BCUT2D eigenvalue weighted by molar-refractivity contribution is -0.384. The molecule has 0 radical (unpaired) electrons. The van der Waals surface area contributed by atoms with Crippen molar-refractivity contribution in [1.29, 1.82) is 0 Å². The first-order chi connectivity index (χ1) is 13.2. The van der Waals surface area contributed by atoms with Crippen LogP contribution in [0, 0.1) is 10.1 Å². The second-order valence-electron chi connectivity index (χ2n) is 6.70. The zero-order chi connectivity index (χ0) is 20.8. The number of nitro groups is 1. The van der Waals surface area contributed by atoms with Crippen LogP contribution < -0.4 is 5.32 Å². The highest BCUT2D eigenvalue weighted by Crippen LogP contribution is 2.25. The topological polar surface area (TPSA) is 119 Å². The van der Waals surface area contributed by atoms with Crippen LogP contribution in [-0.2, 0) is 14.3 Å². The van der Waals surface area contributed by atoms with E-state index in [1.807, 2.05) is 13.8 Å². The molecule has 0 saturated carbocycles. The SMILES string of the molecule is C[C@@H]1CCC[C@H](C)N1C(=O)COC(=O)CNC(=O)c1ccc(Cl)c([N+](=O)[O-])c1. The molecule has 0 aliphatic carbocycles. The average Bonchev–Trinajstić information content (AvgIpc) is 2.64. The van der Waals surface area contributed by atoms with E-state index >= 15 is 0 Å². The number of halogens is 1. The average molecular weight is 412 g/mol. The van der Waals surface area contributed by atoms with E-state index in [0.717, 1.165) is 25.3 Å². The summed E-state index contributed by atoms with van der Waals surface area (Å²) < 4.78 is 4.95.